The number of likely N-dealkylation sites (N-methyl/N-ethyl adjacent to an activating group) is 1. The molecule has 4 rings (SSSR count). The van der Waals surface area contributed by atoms with Gasteiger partial charge in [-0.1, -0.05) is 30.3 Å². The van der Waals surface area contributed by atoms with Crippen molar-refractivity contribution in [3.8, 4) is 0 Å². The number of hydrogen-bond acceptors (Lipinski definition) is 6. The normalized spacial score (nSPS) is 20.3. The topological polar surface area (TPSA) is 69.9 Å². The molecule has 7 nitrogen and oxygen atoms in total. The van der Waals surface area contributed by atoms with E-state index in [0.29, 0.717) is 18.1 Å². The first-order valence-electron chi connectivity index (χ1n) is 10.7. The van der Waals surface area contributed by atoms with Crippen molar-refractivity contribution in [3.63, 3.8) is 0 Å². The molecular weight excluding hydrogens is 380 g/mol. The number of Topliss-reactive ketones (excluding diaryl/α,β-unsaturated/α-hetero) is 1. The molecule has 2 aliphatic rings. The number of hydrogen-bond donors (Lipinski definition) is 0. The van der Waals surface area contributed by atoms with E-state index in [0.717, 1.165) is 57.7 Å². The summed E-state index contributed by atoms with van der Waals surface area (Å²) >= 11 is 0. The van der Waals surface area contributed by atoms with E-state index in [1.807, 2.05) is 23.1 Å². The van der Waals surface area contributed by atoms with Gasteiger partial charge in [-0.15, -0.1) is 0 Å². The predicted octanol–water partition coefficient (Wildman–Crippen LogP) is 2.18. The zero-order chi connectivity index (χ0) is 21.1. The number of likely N-dealkylation sites (tertiary alicyclic amines) is 1. The first-order chi connectivity index (χ1) is 14.5. The van der Waals surface area contributed by atoms with Gasteiger partial charge in [0.05, 0.1) is 12.0 Å². The summed E-state index contributed by atoms with van der Waals surface area (Å²) in [6.07, 6.45) is 3.03. The van der Waals surface area contributed by atoms with Crippen molar-refractivity contribution in [2.24, 2.45) is 0 Å². The molecule has 30 heavy (non-hydrogen) atoms. The summed E-state index contributed by atoms with van der Waals surface area (Å²) in [4.78, 5) is 36.0. The first-order valence-corrected chi connectivity index (χ1v) is 10.7. The minimum Gasteiger partial charge on any atom is -0.447 e. The molecule has 1 aromatic heterocycles. The maximum atomic E-state index is 12.7. The van der Waals surface area contributed by atoms with Gasteiger partial charge in [0, 0.05) is 26.2 Å². The smallest absolute Gasteiger partial charge is 0.275 e. The summed E-state index contributed by atoms with van der Waals surface area (Å²) in [5.74, 6) is 0.725. The highest BCUT2D eigenvalue weighted by atomic mass is 16.3. The van der Waals surface area contributed by atoms with Crippen LogP contribution in [0.25, 0.3) is 0 Å². The van der Waals surface area contributed by atoms with Crippen LogP contribution < -0.4 is 0 Å². The van der Waals surface area contributed by atoms with Crippen LogP contribution in [0.4, 0.5) is 0 Å². The van der Waals surface area contributed by atoms with Gasteiger partial charge in [0.2, 0.25) is 5.89 Å². The minimum absolute atomic E-state index is 0.0589. The number of rotatable bonds is 5. The fourth-order valence-electron chi connectivity index (χ4n) is 4.54. The average molecular weight is 411 g/mol. The number of benzene rings is 1. The number of piperazine rings is 1. The Kier molecular flexibility index (Phi) is 6.01. The van der Waals surface area contributed by atoms with Crippen molar-refractivity contribution in [1.82, 2.24) is 19.7 Å². The van der Waals surface area contributed by atoms with Gasteiger partial charge in [-0.25, -0.2) is 4.98 Å². The van der Waals surface area contributed by atoms with Gasteiger partial charge in [-0.2, -0.15) is 0 Å². The lowest BCUT2D eigenvalue weighted by Crippen LogP contribution is -2.47. The zero-order valence-electron chi connectivity index (χ0n) is 17.8. The predicted molar refractivity (Wildman–Crippen MR) is 113 cm³/mol. The summed E-state index contributed by atoms with van der Waals surface area (Å²) in [6, 6.07) is 10.1. The van der Waals surface area contributed by atoms with Crippen LogP contribution in [0.15, 0.2) is 41.0 Å². The van der Waals surface area contributed by atoms with Crippen molar-refractivity contribution in [2.75, 3.05) is 46.3 Å². The van der Waals surface area contributed by atoms with Crippen LogP contribution in [0, 0.1) is 0 Å². The Labute approximate surface area is 177 Å². The molecule has 0 atom stereocenters. The van der Waals surface area contributed by atoms with E-state index >= 15 is 0 Å². The molecule has 7 heteroatoms. The third-order valence-electron chi connectivity index (χ3n) is 6.63. The lowest BCUT2D eigenvalue weighted by atomic mass is 9.70. The second-order valence-electron chi connectivity index (χ2n) is 8.50. The first kappa shape index (κ1) is 20.8. The molecule has 2 fully saturated rings. The largest absolute Gasteiger partial charge is 0.447 e. The monoisotopic (exact) mass is 410 g/mol. The molecule has 2 aliphatic heterocycles. The van der Waals surface area contributed by atoms with Crippen LogP contribution in [0.5, 0.6) is 0 Å². The van der Waals surface area contributed by atoms with Gasteiger partial charge in [-0.05, 0) is 45.5 Å². The molecule has 1 aromatic carbocycles. The fourth-order valence-corrected chi connectivity index (χ4v) is 4.54. The molecule has 0 saturated carbocycles. The van der Waals surface area contributed by atoms with Crippen LogP contribution in [0.3, 0.4) is 0 Å². The SMILES string of the molecule is CC(=O)C1(c2ccccc2)CCN(Cc2nc(C(=O)N3CCN(C)CC3)co2)CC1. The number of amides is 1. The average Bonchev–Trinajstić information content (AvgIpc) is 3.23. The summed E-state index contributed by atoms with van der Waals surface area (Å²) < 4.78 is 5.61. The van der Waals surface area contributed by atoms with E-state index in [9.17, 15) is 9.59 Å². The maximum Gasteiger partial charge on any atom is 0.275 e. The molecule has 160 valence electrons. The Morgan fingerprint density at radius 3 is 2.33 bits per heavy atom. The van der Waals surface area contributed by atoms with E-state index < -0.39 is 5.41 Å². The molecule has 0 spiro atoms. The Bertz CT molecular complexity index is 879. The lowest BCUT2D eigenvalue weighted by molar-refractivity contribution is -0.124. The standard InChI is InChI=1S/C23H30N4O3/c1-18(28)23(19-6-4-3-5-7-19)8-10-26(11-9-23)16-21-24-20(17-30-21)22(29)27-14-12-25(2)13-15-27/h3-7,17H,8-16H2,1-2H3. The molecule has 3 heterocycles. The van der Waals surface area contributed by atoms with Crippen molar-refractivity contribution in [3.05, 3.63) is 53.7 Å². The number of oxazole rings is 1. The van der Waals surface area contributed by atoms with Crippen molar-refractivity contribution in [2.45, 2.75) is 31.7 Å². The second-order valence-corrected chi connectivity index (χ2v) is 8.50. The molecule has 0 aliphatic carbocycles. The Balaban J connectivity index is 1.37. The summed E-state index contributed by atoms with van der Waals surface area (Å²) in [5, 5.41) is 0. The van der Waals surface area contributed by atoms with Gasteiger partial charge >= 0.3 is 0 Å². The van der Waals surface area contributed by atoms with Crippen LogP contribution in [-0.2, 0) is 16.8 Å². The third-order valence-corrected chi connectivity index (χ3v) is 6.63. The molecule has 0 unspecified atom stereocenters. The van der Waals surface area contributed by atoms with Crippen molar-refractivity contribution in [1.29, 1.82) is 0 Å². The van der Waals surface area contributed by atoms with E-state index in [-0.39, 0.29) is 11.7 Å². The zero-order valence-corrected chi connectivity index (χ0v) is 17.8. The number of ketones is 1. The maximum absolute atomic E-state index is 12.7. The molecule has 0 radical (unpaired) electrons. The number of piperidine rings is 1. The van der Waals surface area contributed by atoms with Crippen LogP contribution in [0.2, 0.25) is 0 Å². The van der Waals surface area contributed by atoms with Crippen molar-refractivity contribution < 1.29 is 14.0 Å². The van der Waals surface area contributed by atoms with Gasteiger partial charge in [-0.3, -0.25) is 14.5 Å². The molecule has 0 bridgehead atoms. The van der Waals surface area contributed by atoms with E-state index in [4.69, 9.17) is 4.42 Å². The Hall–Kier alpha value is -2.51. The van der Waals surface area contributed by atoms with E-state index in [2.05, 4.69) is 34.0 Å². The summed E-state index contributed by atoms with van der Waals surface area (Å²) in [5.41, 5.74) is 1.08. The second kappa shape index (κ2) is 8.70. The molecular formula is C23H30N4O3. The van der Waals surface area contributed by atoms with Gasteiger partial charge in [0.1, 0.15) is 12.0 Å². The highest BCUT2D eigenvalue weighted by Gasteiger charge is 2.40. The number of carbonyl (C=O) groups is 2. The molecule has 2 aromatic rings. The van der Waals surface area contributed by atoms with Crippen LogP contribution in [-0.4, -0.2) is 77.7 Å². The van der Waals surface area contributed by atoms with Crippen molar-refractivity contribution >= 4 is 11.7 Å². The highest BCUT2D eigenvalue weighted by Crippen LogP contribution is 2.36. The van der Waals surface area contributed by atoms with Gasteiger partial charge < -0.3 is 14.2 Å². The van der Waals surface area contributed by atoms with Crippen LogP contribution >= 0.6 is 0 Å². The van der Waals surface area contributed by atoms with Gasteiger partial charge in [0.25, 0.3) is 5.91 Å². The van der Waals surface area contributed by atoms with E-state index in [1.54, 1.807) is 6.92 Å². The molecule has 0 N–H and O–H groups in total. The quantitative estimate of drug-likeness (QED) is 0.753. The third kappa shape index (κ3) is 4.18. The Morgan fingerprint density at radius 2 is 1.70 bits per heavy atom. The number of aromatic nitrogens is 1. The number of nitrogens with zero attached hydrogens (tertiary/aromatic N) is 4. The molecule has 1 amide bonds. The molecule has 2 saturated heterocycles. The fraction of sp³-hybridized carbons (Fsp3) is 0.522. The Morgan fingerprint density at radius 1 is 1.03 bits per heavy atom. The summed E-state index contributed by atoms with van der Waals surface area (Å²) in [7, 11) is 2.06. The highest BCUT2D eigenvalue weighted by molar-refractivity contribution is 5.92. The van der Waals surface area contributed by atoms with Crippen LogP contribution in [0.1, 0.15) is 41.7 Å². The lowest BCUT2D eigenvalue weighted by Gasteiger charge is -2.40. The summed E-state index contributed by atoms with van der Waals surface area (Å²) in [6.45, 7) is 7.03. The van der Waals surface area contributed by atoms with Gasteiger partial charge in [0.15, 0.2) is 5.69 Å². The van der Waals surface area contributed by atoms with E-state index in [1.165, 1.54) is 6.26 Å². The number of carbonyl (C=O) groups excluding carboxylic acids is 2. The minimum atomic E-state index is -0.406.